The summed E-state index contributed by atoms with van der Waals surface area (Å²) in [6.45, 7) is 0.883. The molecular formula is C25H22N2O5. The highest BCUT2D eigenvalue weighted by molar-refractivity contribution is 5.54. The molecule has 0 saturated heterocycles. The first-order valence-corrected chi connectivity index (χ1v) is 10.2. The number of nitrogens with zero attached hydrogens (tertiary/aromatic N) is 1. The zero-order valence-corrected chi connectivity index (χ0v) is 17.3. The molecule has 0 aliphatic carbocycles. The van der Waals surface area contributed by atoms with Crippen LogP contribution < -0.4 is 5.32 Å². The van der Waals surface area contributed by atoms with E-state index < -0.39 is 5.60 Å². The van der Waals surface area contributed by atoms with Crippen molar-refractivity contribution in [3.05, 3.63) is 89.0 Å². The molecule has 2 aliphatic rings. The van der Waals surface area contributed by atoms with E-state index in [2.05, 4.69) is 11.4 Å². The predicted octanol–water partition coefficient (Wildman–Crippen LogP) is 2.93. The second-order valence-electron chi connectivity index (χ2n) is 7.58. The monoisotopic (exact) mass is 430 g/mol. The lowest BCUT2D eigenvalue weighted by atomic mass is 9.79. The number of carbonyl (C=O) groups is 2. The minimum atomic E-state index is -0.890. The number of rotatable bonds is 11. The third-order valence-electron chi connectivity index (χ3n) is 5.80. The Labute approximate surface area is 185 Å². The molecule has 7 heteroatoms. The van der Waals surface area contributed by atoms with Crippen LogP contribution in [0, 0.1) is 11.3 Å². The highest BCUT2D eigenvalue weighted by Gasteiger charge is 2.53. The van der Waals surface area contributed by atoms with Gasteiger partial charge in [0.05, 0.1) is 17.7 Å². The second kappa shape index (κ2) is 9.50. The fourth-order valence-electron chi connectivity index (χ4n) is 4.32. The average Bonchev–Trinajstić information content (AvgIpc) is 3.40. The normalized spacial score (nSPS) is 21.7. The maximum Gasteiger partial charge on any atom is 0.293 e. The Hall–Kier alpha value is -3.89. The predicted molar refractivity (Wildman–Crippen MR) is 117 cm³/mol. The van der Waals surface area contributed by atoms with Crippen LogP contribution in [0.2, 0.25) is 0 Å². The Balaban J connectivity index is 1.72. The molecule has 0 amide bonds. The second-order valence-corrected chi connectivity index (χ2v) is 7.58. The Morgan fingerprint density at radius 1 is 1.06 bits per heavy atom. The van der Waals surface area contributed by atoms with E-state index in [0.717, 1.165) is 22.4 Å². The van der Waals surface area contributed by atoms with E-state index in [-0.39, 0.29) is 25.4 Å². The molecule has 0 aromatic heterocycles. The summed E-state index contributed by atoms with van der Waals surface area (Å²) in [6, 6.07) is 19.0. The van der Waals surface area contributed by atoms with E-state index in [1.54, 1.807) is 12.1 Å². The number of hydrogen-bond donors (Lipinski definition) is 1. The minimum absolute atomic E-state index is 0.0300. The van der Waals surface area contributed by atoms with Crippen molar-refractivity contribution in [2.75, 3.05) is 18.5 Å². The van der Waals surface area contributed by atoms with Gasteiger partial charge in [0.25, 0.3) is 12.9 Å². The van der Waals surface area contributed by atoms with Gasteiger partial charge in [0.15, 0.2) is 0 Å². The first kappa shape index (κ1) is 21.3. The summed E-state index contributed by atoms with van der Waals surface area (Å²) in [7, 11) is 0. The Morgan fingerprint density at radius 2 is 1.78 bits per heavy atom. The fourth-order valence-corrected chi connectivity index (χ4v) is 4.32. The van der Waals surface area contributed by atoms with Crippen LogP contribution in [-0.4, -0.2) is 43.9 Å². The highest BCUT2D eigenvalue weighted by Crippen LogP contribution is 2.46. The van der Waals surface area contributed by atoms with Gasteiger partial charge >= 0.3 is 0 Å². The van der Waals surface area contributed by atoms with Crippen LogP contribution in [0.15, 0.2) is 77.9 Å². The third kappa shape index (κ3) is 4.13. The topological polar surface area (TPSA) is 97.7 Å². The maximum atomic E-state index is 11.0. The van der Waals surface area contributed by atoms with Crippen molar-refractivity contribution in [1.29, 1.82) is 5.26 Å². The molecule has 0 fully saturated rings. The molecule has 0 spiro atoms. The molecule has 1 N–H and O–H groups in total. The largest absolute Gasteiger partial charge is 0.463 e. The van der Waals surface area contributed by atoms with Crippen LogP contribution in [0.4, 0.5) is 5.69 Å². The molecule has 7 nitrogen and oxygen atoms in total. The van der Waals surface area contributed by atoms with Gasteiger partial charge in [0.1, 0.15) is 24.9 Å². The molecule has 3 atom stereocenters. The van der Waals surface area contributed by atoms with Gasteiger partial charge in [-0.2, -0.15) is 5.26 Å². The third-order valence-corrected chi connectivity index (χ3v) is 5.80. The van der Waals surface area contributed by atoms with Crippen molar-refractivity contribution in [2.45, 2.75) is 24.2 Å². The number of carbonyl (C=O) groups excluding carboxylic acids is 2. The van der Waals surface area contributed by atoms with Gasteiger partial charge in [-0.05, 0) is 42.3 Å². The van der Waals surface area contributed by atoms with Crippen LogP contribution in [-0.2, 0) is 30.2 Å². The van der Waals surface area contributed by atoms with E-state index in [9.17, 15) is 9.59 Å². The van der Waals surface area contributed by atoms with Gasteiger partial charge in [-0.25, -0.2) is 0 Å². The summed E-state index contributed by atoms with van der Waals surface area (Å²) >= 11 is 0. The molecule has 32 heavy (non-hydrogen) atoms. The van der Waals surface area contributed by atoms with E-state index in [4.69, 9.17) is 19.5 Å². The van der Waals surface area contributed by atoms with Crippen molar-refractivity contribution in [1.82, 2.24) is 0 Å². The summed E-state index contributed by atoms with van der Waals surface area (Å²) in [5, 5.41) is 12.7. The molecule has 2 aromatic rings. The lowest BCUT2D eigenvalue weighted by molar-refractivity contribution is -0.129. The Bertz CT molecular complexity index is 1070. The van der Waals surface area contributed by atoms with Crippen molar-refractivity contribution >= 4 is 18.6 Å². The van der Waals surface area contributed by atoms with E-state index in [0.29, 0.717) is 24.9 Å². The van der Waals surface area contributed by atoms with E-state index >= 15 is 0 Å². The van der Waals surface area contributed by atoms with Gasteiger partial charge < -0.3 is 19.5 Å². The van der Waals surface area contributed by atoms with Gasteiger partial charge in [-0.3, -0.25) is 9.59 Å². The minimum Gasteiger partial charge on any atom is -0.463 e. The first-order valence-electron chi connectivity index (χ1n) is 10.2. The first-order chi connectivity index (χ1) is 15.7. The van der Waals surface area contributed by atoms with Crippen molar-refractivity contribution in [3.63, 3.8) is 0 Å². The molecule has 2 heterocycles. The zero-order chi connectivity index (χ0) is 22.4. The van der Waals surface area contributed by atoms with Gasteiger partial charge in [-0.1, -0.05) is 36.4 Å². The van der Waals surface area contributed by atoms with Crippen LogP contribution in [0.5, 0.6) is 0 Å². The number of benzene rings is 2. The quantitative estimate of drug-likeness (QED) is 0.432. The fraction of sp³-hybridized carbons (Fsp3) is 0.240. The molecule has 3 unspecified atom stereocenters. The SMILES string of the molecule is N#Cc1ccc(CC(Nc2ccccc2)C23C=CC(O2)C(COC=O)=C3COC=O)cc1. The van der Waals surface area contributed by atoms with Gasteiger partial charge in [-0.15, -0.1) is 0 Å². The summed E-state index contributed by atoms with van der Waals surface area (Å²) in [5.74, 6) is 0. The van der Waals surface area contributed by atoms with Crippen molar-refractivity contribution in [2.24, 2.45) is 0 Å². The molecule has 2 bridgehead atoms. The lowest BCUT2D eigenvalue weighted by Crippen LogP contribution is -2.48. The maximum absolute atomic E-state index is 11.0. The smallest absolute Gasteiger partial charge is 0.293 e. The van der Waals surface area contributed by atoms with Crippen LogP contribution in [0.25, 0.3) is 0 Å². The van der Waals surface area contributed by atoms with E-state index in [1.807, 2.05) is 54.6 Å². The number of para-hydroxylation sites is 1. The van der Waals surface area contributed by atoms with Crippen LogP contribution >= 0.6 is 0 Å². The molecule has 162 valence electrons. The summed E-state index contributed by atoms with van der Waals surface area (Å²) in [6.07, 6.45) is 4.13. The number of fused-ring (bicyclic) bond motifs is 2. The summed E-state index contributed by atoms with van der Waals surface area (Å²) in [4.78, 5) is 21.8. The van der Waals surface area contributed by atoms with Gasteiger partial charge in [0, 0.05) is 16.8 Å². The Kier molecular flexibility index (Phi) is 6.34. The van der Waals surface area contributed by atoms with Gasteiger partial charge in [0.2, 0.25) is 0 Å². The molecule has 4 rings (SSSR count). The molecule has 0 radical (unpaired) electrons. The average molecular weight is 430 g/mol. The standard InChI is InChI=1S/C25H22N2O5/c26-13-19-8-6-18(7-9-19)12-24(27-20-4-2-1-3-5-20)25-11-10-23(32-25)21(14-30-16-28)22(25)15-31-17-29/h1-11,16-17,23-24,27H,12,14-15H2. The van der Waals surface area contributed by atoms with E-state index in [1.165, 1.54) is 0 Å². The van der Waals surface area contributed by atoms with Crippen LogP contribution in [0.1, 0.15) is 11.1 Å². The summed E-state index contributed by atoms with van der Waals surface area (Å²) in [5.41, 5.74) is 3.17. The van der Waals surface area contributed by atoms with Crippen molar-refractivity contribution in [3.8, 4) is 6.07 Å². The number of hydrogen-bond acceptors (Lipinski definition) is 7. The van der Waals surface area contributed by atoms with Crippen LogP contribution in [0.3, 0.4) is 0 Å². The zero-order valence-electron chi connectivity index (χ0n) is 17.3. The molecule has 2 aromatic carbocycles. The Morgan fingerprint density at radius 3 is 2.47 bits per heavy atom. The number of anilines is 1. The number of nitrogens with one attached hydrogen (secondary N) is 1. The molecular weight excluding hydrogens is 408 g/mol. The molecule has 0 saturated carbocycles. The number of ether oxygens (including phenoxy) is 3. The highest BCUT2D eigenvalue weighted by atomic mass is 16.5. The van der Waals surface area contributed by atoms with Crippen molar-refractivity contribution < 1.29 is 23.8 Å². The number of nitriles is 1. The lowest BCUT2D eigenvalue weighted by Gasteiger charge is -2.37. The molecule has 2 aliphatic heterocycles. The summed E-state index contributed by atoms with van der Waals surface area (Å²) < 4.78 is 16.6.